The van der Waals surface area contributed by atoms with Crippen LogP contribution in [0.5, 0.6) is 0 Å². The van der Waals surface area contributed by atoms with E-state index in [0.717, 1.165) is 5.56 Å². The van der Waals surface area contributed by atoms with E-state index in [1.54, 1.807) is 0 Å². The van der Waals surface area contributed by atoms with Crippen LogP contribution >= 0.6 is 0 Å². The number of primary amides is 1. The van der Waals surface area contributed by atoms with Crippen LogP contribution in [0.4, 0.5) is 0 Å². The molecular weight excluding hydrogens is 264 g/mol. The molecule has 0 bridgehead atoms. The Balaban J connectivity index is 0.000000370. The van der Waals surface area contributed by atoms with Crippen LogP contribution < -0.4 is 11.5 Å². The first-order valence-corrected chi connectivity index (χ1v) is 5.74. The van der Waals surface area contributed by atoms with Crippen LogP contribution in [-0.4, -0.2) is 36.1 Å². The van der Waals surface area contributed by atoms with E-state index in [1.165, 1.54) is 7.11 Å². The molecule has 110 valence electrons. The maximum atomic E-state index is 10.8. The van der Waals surface area contributed by atoms with Crippen molar-refractivity contribution in [3.8, 4) is 0 Å². The fraction of sp³-hybridized carbons (Fsp3) is 0.308. The van der Waals surface area contributed by atoms with Gasteiger partial charge < -0.3 is 21.3 Å². The molecule has 5 N–H and O–H groups in total. The third-order valence-electron chi connectivity index (χ3n) is 2.16. The summed E-state index contributed by atoms with van der Waals surface area (Å²) in [5, 5.41) is 8.10. The number of hydrogen-bond donors (Lipinski definition) is 3. The first-order chi connectivity index (χ1) is 9.36. The van der Waals surface area contributed by atoms with Gasteiger partial charge in [-0.25, -0.2) is 0 Å². The summed E-state index contributed by atoms with van der Waals surface area (Å²) >= 11 is 0. The Morgan fingerprint density at radius 3 is 2.15 bits per heavy atom. The summed E-state index contributed by atoms with van der Waals surface area (Å²) in [5.41, 5.74) is 10.6. The zero-order valence-electron chi connectivity index (χ0n) is 11.1. The second-order valence-corrected chi connectivity index (χ2v) is 3.85. The third-order valence-corrected chi connectivity index (χ3v) is 2.16. The maximum Gasteiger partial charge on any atom is 0.321 e. The molecule has 1 aromatic rings. The largest absolute Gasteiger partial charge is 0.480 e. The van der Waals surface area contributed by atoms with E-state index in [9.17, 15) is 14.4 Å². The van der Waals surface area contributed by atoms with Gasteiger partial charge in [0.15, 0.2) is 0 Å². The molecule has 0 aliphatic carbocycles. The minimum atomic E-state index is -1.21. The van der Waals surface area contributed by atoms with Crippen LogP contribution in [0.2, 0.25) is 0 Å². The molecule has 1 amide bonds. The Kier molecular flexibility index (Phi) is 8.36. The highest BCUT2D eigenvalue weighted by Crippen LogP contribution is 1.99. The lowest BCUT2D eigenvalue weighted by Gasteiger charge is -1.99. The molecule has 1 unspecified atom stereocenters. The normalized spacial score (nSPS) is 10.7. The Morgan fingerprint density at radius 1 is 1.25 bits per heavy atom. The van der Waals surface area contributed by atoms with E-state index in [-0.39, 0.29) is 12.4 Å². The van der Waals surface area contributed by atoms with Gasteiger partial charge >= 0.3 is 11.9 Å². The van der Waals surface area contributed by atoms with E-state index >= 15 is 0 Å². The zero-order chi connectivity index (χ0) is 15.5. The van der Waals surface area contributed by atoms with Crippen LogP contribution in [0.1, 0.15) is 12.0 Å². The highest BCUT2D eigenvalue weighted by Gasteiger charge is 2.13. The summed E-state index contributed by atoms with van der Waals surface area (Å²) in [4.78, 5) is 30.7. The summed E-state index contributed by atoms with van der Waals surface area (Å²) in [6.07, 6.45) is 0.0483. The van der Waals surface area contributed by atoms with Crippen molar-refractivity contribution < 1.29 is 24.2 Å². The van der Waals surface area contributed by atoms with E-state index in [4.69, 9.17) is 10.8 Å². The van der Waals surface area contributed by atoms with Crippen molar-refractivity contribution in [2.75, 3.05) is 7.11 Å². The first-order valence-electron chi connectivity index (χ1n) is 5.74. The molecule has 0 saturated carbocycles. The molecule has 7 nitrogen and oxygen atoms in total. The molecule has 0 aliphatic rings. The lowest BCUT2D eigenvalue weighted by atomic mass is 10.2. The zero-order valence-corrected chi connectivity index (χ0v) is 11.1. The summed E-state index contributed by atoms with van der Waals surface area (Å²) < 4.78 is 4.52. The molecule has 1 rings (SSSR count). The number of carboxylic acid groups (broad SMARTS) is 1. The van der Waals surface area contributed by atoms with Crippen molar-refractivity contribution in [3.63, 3.8) is 0 Å². The topological polar surface area (TPSA) is 133 Å². The van der Waals surface area contributed by atoms with Gasteiger partial charge in [0.1, 0.15) is 6.04 Å². The fourth-order valence-electron chi connectivity index (χ4n) is 1.14. The number of rotatable bonds is 5. The Bertz CT molecular complexity index is 447. The Morgan fingerprint density at radius 2 is 1.80 bits per heavy atom. The van der Waals surface area contributed by atoms with Crippen LogP contribution in [0.15, 0.2) is 30.3 Å². The van der Waals surface area contributed by atoms with E-state index in [2.05, 4.69) is 10.5 Å². The molecule has 0 fully saturated rings. The molecule has 0 aromatic heterocycles. The van der Waals surface area contributed by atoms with E-state index < -0.39 is 17.9 Å². The van der Waals surface area contributed by atoms with Crippen molar-refractivity contribution >= 4 is 17.8 Å². The lowest BCUT2D eigenvalue weighted by molar-refractivity contribution is -0.140. The second-order valence-electron chi connectivity index (χ2n) is 3.85. The van der Waals surface area contributed by atoms with Crippen LogP contribution in [-0.2, 0) is 25.5 Å². The predicted molar refractivity (Wildman–Crippen MR) is 71.6 cm³/mol. The van der Waals surface area contributed by atoms with Gasteiger partial charge in [-0.05, 0) is 5.56 Å². The van der Waals surface area contributed by atoms with Crippen LogP contribution in [0, 0.1) is 0 Å². The molecule has 1 aromatic carbocycles. The fourth-order valence-corrected chi connectivity index (χ4v) is 1.14. The number of ether oxygens (including phenoxy) is 1. The van der Waals surface area contributed by atoms with Crippen molar-refractivity contribution in [2.24, 2.45) is 11.5 Å². The van der Waals surface area contributed by atoms with Gasteiger partial charge in [0.05, 0.1) is 20.0 Å². The third kappa shape index (κ3) is 8.65. The molecule has 0 heterocycles. The smallest absolute Gasteiger partial charge is 0.321 e. The van der Waals surface area contributed by atoms with Crippen LogP contribution in [0.3, 0.4) is 0 Å². The summed E-state index contributed by atoms with van der Waals surface area (Å²) in [6.45, 7) is 0. The maximum absolute atomic E-state index is 10.8. The minimum Gasteiger partial charge on any atom is -0.480 e. The van der Waals surface area contributed by atoms with Gasteiger partial charge in [-0.2, -0.15) is 0 Å². The molecule has 0 radical (unpaired) electrons. The second kappa shape index (κ2) is 9.51. The summed E-state index contributed by atoms with van der Waals surface area (Å²) in [7, 11) is 1.39. The van der Waals surface area contributed by atoms with E-state index in [1.807, 2.05) is 30.3 Å². The lowest BCUT2D eigenvalue weighted by Crippen LogP contribution is -2.34. The highest BCUT2D eigenvalue weighted by atomic mass is 16.5. The van der Waals surface area contributed by atoms with Gasteiger partial charge in [-0.3, -0.25) is 14.4 Å². The number of nitrogens with two attached hydrogens (primary N) is 2. The van der Waals surface area contributed by atoms with Crippen molar-refractivity contribution in [3.05, 3.63) is 35.9 Å². The molecule has 0 aliphatic heterocycles. The number of esters is 1. The predicted octanol–water partition coefficient (Wildman–Crippen LogP) is -0.324. The van der Waals surface area contributed by atoms with Gasteiger partial charge in [-0.1, -0.05) is 30.3 Å². The average Bonchev–Trinajstić information content (AvgIpc) is 2.39. The number of benzene rings is 1. The minimum absolute atomic E-state index is 0.198. The molecule has 20 heavy (non-hydrogen) atoms. The number of aliphatic carboxylic acids is 1. The van der Waals surface area contributed by atoms with Gasteiger partial charge in [0.25, 0.3) is 0 Å². The number of carboxylic acids is 1. The number of methoxy groups -OCH3 is 1. The van der Waals surface area contributed by atoms with Crippen LogP contribution in [0.25, 0.3) is 0 Å². The molecule has 0 saturated heterocycles. The van der Waals surface area contributed by atoms with Gasteiger partial charge in [0.2, 0.25) is 5.91 Å². The molecule has 7 heteroatoms. The Hall–Kier alpha value is -2.41. The highest BCUT2D eigenvalue weighted by molar-refractivity contribution is 5.83. The molecule has 1 atom stereocenters. The summed E-state index contributed by atoms with van der Waals surface area (Å²) in [6, 6.07) is 8.35. The first kappa shape index (κ1) is 17.6. The number of carbonyl (C=O) groups excluding carboxylic acids is 2. The number of amides is 1. The summed E-state index contributed by atoms with van der Waals surface area (Å²) in [5.74, 6) is -2.12. The Labute approximate surface area is 116 Å². The molecular formula is C13H18N2O5. The standard InChI is InChI=1S/C9H10O2.C4H8N2O3/c1-11-9(10)7-8-5-3-2-4-6-8;5-2(4(8)9)1-3(6)7/h2-6H,7H2,1H3;2H,1,5H2,(H2,6,7)(H,8,9). The van der Waals surface area contributed by atoms with Crippen molar-refractivity contribution in [1.82, 2.24) is 0 Å². The van der Waals surface area contributed by atoms with Crippen molar-refractivity contribution in [1.29, 1.82) is 0 Å². The number of carbonyl (C=O) groups is 3. The van der Waals surface area contributed by atoms with Gasteiger partial charge in [0, 0.05) is 0 Å². The molecule has 0 spiro atoms. The monoisotopic (exact) mass is 282 g/mol. The van der Waals surface area contributed by atoms with Crippen molar-refractivity contribution in [2.45, 2.75) is 18.9 Å². The number of hydrogen-bond acceptors (Lipinski definition) is 5. The quantitative estimate of drug-likeness (QED) is 0.634. The van der Waals surface area contributed by atoms with Gasteiger partial charge in [-0.15, -0.1) is 0 Å². The van der Waals surface area contributed by atoms with E-state index in [0.29, 0.717) is 6.42 Å². The average molecular weight is 282 g/mol. The SMILES string of the molecule is COC(=O)Cc1ccccc1.NC(=O)CC(N)C(=O)O.